The first kappa shape index (κ1) is 90.7. The van der Waals surface area contributed by atoms with E-state index in [-0.39, 0.29) is 17.1 Å². The fraction of sp³-hybridized carbons (Fsp3) is 0.471. The van der Waals surface area contributed by atoms with Gasteiger partial charge in [0.05, 0.1) is 48.2 Å². The zero-order chi connectivity index (χ0) is 81.0. The lowest BCUT2D eigenvalue weighted by Crippen LogP contribution is -2.25. The summed E-state index contributed by atoms with van der Waals surface area (Å²) in [4.78, 5) is 42.5. The third-order valence-corrected chi connectivity index (χ3v) is 21.1. The van der Waals surface area contributed by atoms with Crippen molar-refractivity contribution >= 4 is 34.1 Å². The highest BCUT2D eigenvalue weighted by atomic mass is 16.6. The zero-order valence-electron chi connectivity index (χ0n) is 69.7. The van der Waals surface area contributed by atoms with Gasteiger partial charge in [-0.05, 0) is 148 Å². The molecule has 0 unspecified atom stereocenters. The van der Waals surface area contributed by atoms with Crippen molar-refractivity contribution < 1.29 is 14.8 Å². The summed E-state index contributed by atoms with van der Waals surface area (Å²) in [5.41, 5.74) is 9.21. The fourth-order valence-electron chi connectivity index (χ4n) is 14.2. The van der Waals surface area contributed by atoms with Gasteiger partial charge >= 0.3 is 0 Å². The second kappa shape index (κ2) is 54.3. The van der Waals surface area contributed by atoms with Crippen LogP contribution in [-0.2, 0) is 0 Å². The van der Waals surface area contributed by atoms with Crippen LogP contribution in [0.3, 0.4) is 0 Å². The van der Waals surface area contributed by atoms with Crippen LogP contribution in [-0.4, -0.2) is 54.0 Å². The van der Waals surface area contributed by atoms with E-state index in [0.717, 1.165) is 112 Å². The van der Waals surface area contributed by atoms with Crippen LogP contribution in [0, 0.1) is 101 Å². The first-order valence-electron chi connectivity index (χ1n) is 43.5. The quantitative estimate of drug-likeness (QED) is 0.0158. The molecule has 7 aromatic rings. The Hall–Kier alpha value is -10.5. The number of rotatable bonds is 48. The molecule has 0 N–H and O–H groups in total. The van der Waals surface area contributed by atoms with Crippen molar-refractivity contribution in [3.63, 3.8) is 0 Å². The lowest BCUT2D eigenvalue weighted by Gasteiger charge is -2.25. The van der Waals surface area contributed by atoms with Crippen LogP contribution in [0.5, 0.6) is 0 Å². The van der Waals surface area contributed by atoms with E-state index < -0.39 is 14.8 Å². The molecule has 0 aromatic heterocycles. The zero-order valence-corrected chi connectivity index (χ0v) is 69.7. The van der Waals surface area contributed by atoms with Gasteiger partial charge in [0.2, 0.25) is 0 Å². The topological polar surface area (TPSA) is 139 Å². The molecule has 0 saturated carbocycles. The van der Waals surface area contributed by atoms with Gasteiger partial charge < -0.3 is 14.7 Å². The number of anilines is 3. The predicted molar refractivity (Wildman–Crippen MR) is 478 cm³/mol. The molecule has 600 valence electrons. The Kier molecular flexibility index (Phi) is 43.2. The molecule has 0 aliphatic rings. The van der Waals surface area contributed by atoms with Gasteiger partial charge in [-0.1, -0.05) is 305 Å². The van der Waals surface area contributed by atoms with E-state index in [9.17, 15) is 30.3 Å². The molecule has 0 saturated heterocycles. The summed E-state index contributed by atoms with van der Waals surface area (Å²) < 4.78 is 0. The number of non-ortho nitro benzene ring substituents is 3. The Morgan fingerprint density at radius 3 is 0.491 bits per heavy atom. The first-order valence-corrected chi connectivity index (χ1v) is 43.5. The average Bonchev–Trinajstić information content (AvgIpc) is 0.760. The van der Waals surface area contributed by atoms with Gasteiger partial charge in [-0.25, -0.2) is 0 Å². The van der Waals surface area contributed by atoms with E-state index in [0.29, 0.717) is 50.1 Å². The third kappa shape index (κ3) is 33.3. The summed E-state index contributed by atoms with van der Waals surface area (Å²) in [5.74, 6) is 42.3. The highest BCUT2D eigenvalue weighted by Crippen LogP contribution is 2.31. The predicted octanol–water partition coefficient (Wildman–Crippen LogP) is 26.4. The number of hydrogen-bond acceptors (Lipinski definition) is 9. The number of nitro groups is 3. The third-order valence-electron chi connectivity index (χ3n) is 21.1. The molecule has 0 radical (unpaired) electrons. The van der Waals surface area contributed by atoms with Gasteiger partial charge in [0.1, 0.15) is 0 Å². The Bertz CT molecular complexity index is 3910. The first-order chi connectivity index (χ1) is 55.9. The van der Waals surface area contributed by atoms with E-state index in [1.165, 1.54) is 229 Å². The standard InChI is InChI=1S/C102H126N6O6/c1-7-13-19-25-31-37-79-103(80-38-32-26-20-14-8-2)91-61-43-85(44-62-91)55-73-97-100(76-58-88-49-67-94(68-50-88)106(109)110)98(74-56-86-45-63-92(64-46-86)104(81-39-33-27-21-15-9-3)82-40-34-28-22-16-10-4)102(78-60-90-53-71-96(72-54-90)108(113)114)99(101(97)77-59-89-51-69-95(70-52-89)107(111)112)75-57-87-47-65-93(66-48-87)105(83-41-35-29-23-17-11-5)84-42-36-30-24-18-12-6/h43-54,61-72H,7-42,79-84H2,1-6H3. The largest absolute Gasteiger partial charge is 0.372 e. The minimum absolute atomic E-state index is 0.0830. The maximum Gasteiger partial charge on any atom is 0.269 e. The number of hydrogen-bond donors (Lipinski definition) is 0. The summed E-state index contributed by atoms with van der Waals surface area (Å²) in [6.07, 6.45) is 43.6. The van der Waals surface area contributed by atoms with Crippen molar-refractivity contribution in [1.29, 1.82) is 0 Å². The average molecular weight is 1530 g/mol. The van der Waals surface area contributed by atoms with Crippen molar-refractivity contribution in [2.24, 2.45) is 0 Å². The molecule has 0 bridgehead atoms. The summed E-state index contributed by atoms with van der Waals surface area (Å²) in [7, 11) is 0. The second-order valence-corrected chi connectivity index (χ2v) is 30.4. The monoisotopic (exact) mass is 1530 g/mol. The molecule has 0 fully saturated rings. The molecule has 0 atom stereocenters. The van der Waals surface area contributed by atoms with E-state index in [1.807, 2.05) is 0 Å². The number of nitro benzene ring substituents is 3. The summed E-state index contributed by atoms with van der Waals surface area (Å²) in [6, 6.07) is 43.8. The van der Waals surface area contributed by atoms with Crippen LogP contribution in [0.25, 0.3) is 0 Å². The van der Waals surface area contributed by atoms with Gasteiger partial charge in [-0.2, -0.15) is 0 Å². The summed E-state index contributed by atoms with van der Waals surface area (Å²) in [5, 5.41) is 36.2. The van der Waals surface area contributed by atoms with Crippen molar-refractivity contribution in [2.75, 3.05) is 54.0 Å². The lowest BCUT2D eigenvalue weighted by molar-refractivity contribution is -0.385. The molecule has 7 aromatic carbocycles. The van der Waals surface area contributed by atoms with Crippen LogP contribution < -0.4 is 14.7 Å². The smallest absolute Gasteiger partial charge is 0.269 e. The van der Waals surface area contributed by atoms with Crippen molar-refractivity contribution in [1.82, 2.24) is 0 Å². The van der Waals surface area contributed by atoms with Gasteiger partial charge in [-0.3, -0.25) is 30.3 Å². The van der Waals surface area contributed by atoms with Crippen LogP contribution in [0.15, 0.2) is 146 Å². The fourth-order valence-corrected chi connectivity index (χ4v) is 14.2. The van der Waals surface area contributed by atoms with Crippen LogP contribution in [0.2, 0.25) is 0 Å². The number of nitrogens with zero attached hydrogens (tertiary/aromatic N) is 6. The molecule has 7 rings (SSSR count). The van der Waals surface area contributed by atoms with Gasteiger partial charge in [0.15, 0.2) is 0 Å². The molecule has 12 heteroatoms. The molecule has 0 amide bonds. The molecule has 114 heavy (non-hydrogen) atoms. The van der Waals surface area contributed by atoms with E-state index >= 15 is 0 Å². The Morgan fingerprint density at radius 2 is 0.342 bits per heavy atom. The minimum Gasteiger partial charge on any atom is -0.372 e. The van der Waals surface area contributed by atoms with E-state index in [4.69, 9.17) is 0 Å². The van der Waals surface area contributed by atoms with Crippen molar-refractivity contribution in [3.8, 4) is 71.0 Å². The van der Waals surface area contributed by atoms with E-state index in [2.05, 4.69) is 200 Å². The molecule has 0 spiro atoms. The SMILES string of the molecule is CCCCCCCCN(CCCCCCCC)c1ccc(C#Cc2c(C#Cc3ccc([N+](=O)[O-])cc3)c(C#Cc3ccc(N(CCCCCCCC)CCCCCCCC)cc3)c(C#Cc3ccc([N+](=O)[O-])cc3)c(C#Cc3ccc(N(CCCCCCCC)CCCCCCCC)cc3)c2C#Cc2ccc([N+](=O)[O-])cc2)cc1. The maximum absolute atomic E-state index is 12.1. The lowest BCUT2D eigenvalue weighted by atomic mass is 9.86. The molecular weight excluding hydrogens is 1410 g/mol. The van der Waals surface area contributed by atoms with Crippen molar-refractivity contribution in [3.05, 3.63) is 243 Å². The van der Waals surface area contributed by atoms with E-state index in [1.54, 1.807) is 36.4 Å². The van der Waals surface area contributed by atoms with Gasteiger partial charge in [0.25, 0.3) is 17.1 Å². The Labute approximate surface area is 685 Å². The molecule has 12 nitrogen and oxygen atoms in total. The van der Waals surface area contributed by atoms with Crippen LogP contribution >= 0.6 is 0 Å². The maximum atomic E-state index is 12.1. The molecule has 0 heterocycles. The van der Waals surface area contributed by atoms with Gasteiger partial charge in [0, 0.05) is 126 Å². The Balaban J connectivity index is 1.54. The van der Waals surface area contributed by atoms with Crippen LogP contribution in [0.4, 0.5) is 34.1 Å². The number of unbranched alkanes of at least 4 members (excludes halogenated alkanes) is 30. The summed E-state index contributed by atoms with van der Waals surface area (Å²) in [6.45, 7) is 19.3. The second-order valence-electron chi connectivity index (χ2n) is 30.4. The Morgan fingerprint density at radius 1 is 0.202 bits per heavy atom. The molecular formula is C102H126N6O6. The minimum atomic E-state index is -0.438. The van der Waals surface area contributed by atoms with Crippen LogP contribution in [0.1, 0.15) is 339 Å². The molecule has 0 aliphatic carbocycles. The van der Waals surface area contributed by atoms with Gasteiger partial charge in [-0.15, -0.1) is 0 Å². The van der Waals surface area contributed by atoms with Crippen molar-refractivity contribution in [2.45, 2.75) is 273 Å². The highest BCUT2D eigenvalue weighted by Gasteiger charge is 2.22. The summed E-state index contributed by atoms with van der Waals surface area (Å²) >= 11 is 0. The normalized spacial score (nSPS) is 10.6. The highest BCUT2D eigenvalue weighted by molar-refractivity contribution is 5.79. The molecule has 0 aliphatic heterocycles. The number of benzene rings is 7.